The Morgan fingerprint density at radius 2 is 2.04 bits per heavy atom. The lowest BCUT2D eigenvalue weighted by Gasteiger charge is -2.14. The number of anilines is 1. The average Bonchev–Trinajstić information content (AvgIpc) is 3.08. The van der Waals surface area contributed by atoms with Gasteiger partial charge in [-0.15, -0.1) is 24.0 Å². The van der Waals surface area contributed by atoms with Crippen molar-refractivity contribution in [1.29, 1.82) is 0 Å². The second-order valence-electron chi connectivity index (χ2n) is 4.99. The molecule has 2 rings (SSSR count). The van der Waals surface area contributed by atoms with Crippen LogP contribution in [-0.2, 0) is 13.0 Å². The maximum Gasteiger partial charge on any atom is 0.195 e. The van der Waals surface area contributed by atoms with E-state index < -0.39 is 0 Å². The normalized spacial score (nSPS) is 10.8. The average molecular weight is 460 g/mol. The first-order valence-electron chi connectivity index (χ1n) is 7.93. The van der Waals surface area contributed by atoms with Crippen molar-refractivity contribution in [3.63, 3.8) is 0 Å². The lowest BCUT2D eigenvalue weighted by atomic mass is 10.2. The lowest BCUT2D eigenvalue weighted by molar-refractivity contribution is 0.311. The number of aromatic nitrogens is 1. The van der Waals surface area contributed by atoms with Crippen LogP contribution in [0.5, 0.6) is 11.5 Å². The van der Waals surface area contributed by atoms with E-state index in [-0.39, 0.29) is 24.0 Å². The number of guanidine groups is 1. The minimum atomic E-state index is 0. The predicted octanol–water partition coefficient (Wildman–Crippen LogP) is 3.45. The van der Waals surface area contributed by atoms with Gasteiger partial charge in [0.2, 0.25) is 0 Å². The molecule has 8 heteroatoms. The van der Waals surface area contributed by atoms with Gasteiger partial charge in [-0.1, -0.05) is 12.1 Å². The molecule has 0 spiro atoms. The highest BCUT2D eigenvalue weighted by atomic mass is 127. The molecule has 0 fully saturated rings. The molecule has 0 aliphatic heterocycles. The SMILES string of the molecule is CCOc1ccc(NC(=NC)NCc2cc(CC)no2)cc1OC.I. The summed E-state index contributed by atoms with van der Waals surface area (Å²) in [6, 6.07) is 7.56. The van der Waals surface area contributed by atoms with Gasteiger partial charge < -0.3 is 24.6 Å². The number of ether oxygens (including phenoxy) is 2. The maximum atomic E-state index is 5.51. The number of nitrogens with one attached hydrogen (secondary N) is 2. The summed E-state index contributed by atoms with van der Waals surface area (Å²) < 4.78 is 16.1. The van der Waals surface area contributed by atoms with E-state index in [9.17, 15) is 0 Å². The molecular formula is C17H25IN4O3. The lowest BCUT2D eigenvalue weighted by Crippen LogP contribution is -2.30. The van der Waals surface area contributed by atoms with Gasteiger partial charge in [0.05, 0.1) is 26.0 Å². The van der Waals surface area contributed by atoms with Gasteiger partial charge in [0.25, 0.3) is 0 Å². The number of halogens is 1. The summed E-state index contributed by atoms with van der Waals surface area (Å²) in [4.78, 5) is 4.20. The molecule has 0 bridgehead atoms. The molecule has 2 N–H and O–H groups in total. The van der Waals surface area contributed by atoms with Crippen molar-refractivity contribution >= 4 is 35.6 Å². The molecule has 138 valence electrons. The summed E-state index contributed by atoms with van der Waals surface area (Å²) in [6.07, 6.45) is 0.850. The number of benzene rings is 1. The first-order chi connectivity index (χ1) is 11.7. The van der Waals surface area contributed by atoms with Gasteiger partial charge in [-0.3, -0.25) is 4.99 Å². The summed E-state index contributed by atoms with van der Waals surface area (Å²) >= 11 is 0. The zero-order valence-electron chi connectivity index (χ0n) is 15.0. The van der Waals surface area contributed by atoms with Crippen LogP contribution >= 0.6 is 24.0 Å². The Morgan fingerprint density at radius 1 is 1.24 bits per heavy atom. The molecular weight excluding hydrogens is 435 g/mol. The monoisotopic (exact) mass is 460 g/mol. The van der Waals surface area contributed by atoms with E-state index in [1.54, 1.807) is 14.2 Å². The standard InChI is InChI=1S/C17H24N4O3.HI/c1-5-12-9-14(24-21-12)11-19-17(18-3)20-13-7-8-15(23-6-2)16(10-13)22-4;/h7-10H,5-6,11H2,1-4H3,(H2,18,19,20);1H. The second kappa shape index (κ2) is 10.8. The highest BCUT2D eigenvalue weighted by molar-refractivity contribution is 14.0. The third-order valence-corrected chi connectivity index (χ3v) is 3.35. The number of aliphatic imine (C=N–C) groups is 1. The number of rotatable bonds is 7. The Kier molecular flexibility index (Phi) is 9.11. The van der Waals surface area contributed by atoms with Crippen molar-refractivity contribution in [2.24, 2.45) is 4.99 Å². The van der Waals surface area contributed by atoms with E-state index >= 15 is 0 Å². The number of nitrogens with zero attached hydrogens (tertiary/aromatic N) is 2. The summed E-state index contributed by atoms with van der Waals surface area (Å²) in [7, 11) is 3.32. The van der Waals surface area contributed by atoms with Crippen LogP contribution in [0.1, 0.15) is 25.3 Å². The predicted molar refractivity (Wildman–Crippen MR) is 109 cm³/mol. The first kappa shape index (κ1) is 21.1. The molecule has 2 aromatic rings. The van der Waals surface area contributed by atoms with E-state index in [0.29, 0.717) is 30.6 Å². The Balaban J connectivity index is 0.00000312. The largest absolute Gasteiger partial charge is 0.493 e. The molecule has 25 heavy (non-hydrogen) atoms. The fourth-order valence-corrected chi connectivity index (χ4v) is 2.11. The second-order valence-corrected chi connectivity index (χ2v) is 4.99. The molecule has 7 nitrogen and oxygen atoms in total. The molecule has 0 unspecified atom stereocenters. The quantitative estimate of drug-likeness (QED) is 0.375. The molecule has 0 amide bonds. The Hall–Kier alpha value is -1.97. The molecule has 0 aliphatic rings. The van der Waals surface area contributed by atoms with Crippen LogP contribution < -0.4 is 20.1 Å². The number of hydrogen-bond donors (Lipinski definition) is 2. The van der Waals surface area contributed by atoms with Gasteiger partial charge in [-0.25, -0.2) is 0 Å². The van der Waals surface area contributed by atoms with E-state index in [1.807, 2.05) is 38.1 Å². The highest BCUT2D eigenvalue weighted by Gasteiger charge is 2.08. The van der Waals surface area contributed by atoms with Gasteiger partial charge >= 0.3 is 0 Å². The molecule has 1 aromatic heterocycles. The smallest absolute Gasteiger partial charge is 0.195 e. The molecule has 0 saturated heterocycles. The van der Waals surface area contributed by atoms with Crippen LogP contribution in [0.15, 0.2) is 33.8 Å². The highest BCUT2D eigenvalue weighted by Crippen LogP contribution is 2.30. The van der Waals surface area contributed by atoms with Crippen molar-refractivity contribution in [3.8, 4) is 11.5 Å². The summed E-state index contributed by atoms with van der Waals surface area (Å²) in [5.74, 6) is 2.76. The Bertz CT molecular complexity index is 688. The van der Waals surface area contributed by atoms with E-state index in [0.717, 1.165) is 23.6 Å². The van der Waals surface area contributed by atoms with Crippen molar-refractivity contribution < 1.29 is 14.0 Å². The van der Waals surface area contributed by atoms with Crippen LogP contribution in [-0.4, -0.2) is 31.9 Å². The minimum Gasteiger partial charge on any atom is -0.493 e. The van der Waals surface area contributed by atoms with Gasteiger partial charge in [0.1, 0.15) is 0 Å². The molecule has 0 aliphatic carbocycles. The third-order valence-electron chi connectivity index (χ3n) is 3.35. The van der Waals surface area contributed by atoms with E-state index in [4.69, 9.17) is 14.0 Å². The van der Waals surface area contributed by atoms with Gasteiger partial charge in [-0.05, 0) is 25.5 Å². The van der Waals surface area contributed by atoms with Gasteiger partial charge in [-0.2, -0.15) is 0 Å². The fraction of sp³-hybridized carbons (Fsp3) is 0.412. The summed E-state index contributed by atoms with van der Waals surface area (Å²) in [5, 5.41) is 10.4. The molecule has 0 radical (unpaired) electrons. The zero-order valence-corrected chi connectivity index (χ0v) is 17.3. The van der Waals surface area contributed by atoms with Crippen molar-refractivity contribution in [2.75, 3.05) is 26.1 Å². The fourth-order valence-electron chi connectivity index (χ4n) is 2.11. The third kappa shape index (κ3) is 6.11. The topological polar surface area (TPSA) is 80.9 Å². The molecule has 1 aromatic carbocycles. The first-order valence-corrected chi connectivity index (χ1v) is 7.93. The minimum absolute atomic E-state index is 0. The maximum absolute atomic E-state index is 5.51. The van der Waals surface area contributed by atoms with Crippen LogP contribution in [0.4, 0.5) is 5.69 Å². The number of methoxy groups -OCH3 is 1. The Morgan fingerprint density at radius 3 is 2.64 bits per heavy atom. The zero-order chi connectivity index (χ0) is 17.4. The van der Waals surface area contributed by atoms with Crippen LogP contribution in [0.3, 0.4) is 0 Å². The van der Waals surface area contributed by atoms with Crippen LogP contribution in [0, 0.1) is 0 Å². The number of hydrogen-bond acceptors (Lipinski definition) is 5. The molecule has 0 saturated carbocycles. The Labute approximate surface area is 165 Å². The van der Waals surface area contributed by atoms with Crippen molar-refractivity contribution in [1.82, 2.24) is 10.5 Å². The van der Waals surface area contributed by atoms with Gasteiger partial charge in [0.15, 0.2) is 23.2 Å². The van der Waals surface area contributed by atoms with Crippen LogP contribution in [0.25, 0.3) is 0 Å². The van der Waals surface area contributed by atoms with E-state index in [1.165, 1.54) is 0 Å². The molecule has 0 atom stereocenters. The van der Waals surface area contributed by atoms with Crippen molar-refractivity contribution in [2.45, 2.75) is 26.8 Å². The van der Waals surface area contributed by atoms with Crippen molar-refractivity contribution in [3.05, 3.63) is 35.7 Å². The van der Waals surface area contributed by atoms with Gasteiger partial charge in [0, 0.05) is 24.9 Å². The molecule has 1 heterocycles. The van der Waals surface area contributed by atoms with E-state index in [2.05, 4.69) is 20.8 Å². The summed E-state index contributed by atoms with van der Waals surface area (Å²) in [6.45, 7) is 5.06. The van der Waals surface area contributed by atoms with Crippen LogP contribution in [0.2, 0.25) is 0 Å². The summed E-state index contributed by atoms with van der Waals surface area (Å²) in [5.41, 5.74) is 1.78. The number of aryl methyl sites for hydroxylation is 1.